The van der Waals surface area contributed by atoms with Crippen molar-refractivity contribution in [3.8, 4) is 5.88 Å². The van der Waals surface area contributed by atoms with E-state index in [1.54, 1.807) is 18.0 Å². The predicted octanol–water partition coefficient (Wildman–Crippen LogP) is 3.92. The standard InChI is InChI=1S/C26H34ClN5O3/c1-17-6-10-32(11-7-17)16-21-24(27)20-14-19(4-5-22(20)29-25(21)34-3)26(33,18-8-12-35-13-9-18)23-15-28-30-31(23)2/h4-5,14-15,17-18,33H,6-13,16H2,1-3H3. The van der Waals surface area contributed by atoms with Crippen molar-refractivity contribution in [1.82, 2.24) is 24.9 Å². The summed E-state index contributed by atoms with van der Waals surface area (Å²) in [6.45, 7) is 6.30. The molecule has 2 aliphatic heterocycles. The van der Waals surface area contributed by atoms with Crippen LogP contribution in [0.1, 0.15) is 49.4 Å². The second-order valence-corrected chi connectivity index (χ2v) is 10.4. The molecule has 188 valence electrons. The average Bonchev–Trinajstić information content (AvgIpc) is 3.33. The smallest absolute Gasteiger partial charge is 0.219 e. The van der Waals surface area contributed by atoms with E-state index >= 15 is 0 Å². The number of methoxy groups -OCH3 is 1. The van der Waals surface area contributed by atoms with Crippen molar-refractivity contribution in [2.24, 2.45) is 18.9 Å². The van der Waals surface area contributed by atoms with Gasteiger partial charge in [0.15, 0.2) is 0 Å². The number of halogens is 1. The molecule has 2 fully saturated rings. The minimum absolute atomic E-state index is 0.0364. The van der Waals surface area contributed by atoms with Gasteiger partial charge < -0.3 is 14.6 Å². The van der Waals surface area contributed by atoms with Gasteiger partial charge in [-0.1, -0.05) is 29.8 Å². The summed E-state index contributed by atoms with van der Waals surface area (Å²) >= 11 is 7.06. The van der Waals surface area contributed by atoms with Crippen LogP contribution in [-0.2, 0) is 23.9 Å². The molecule has 0 amide bonds. The van der Waals surface area contributed by atoms with Crippen LogP contribution in [0.3, 0.4) is 0 Å². The van der Waals surface area contributed by atoms with Crippen LogP contribution in [0.2, 0.25) is 5.02 Å². The van der Waals surface area contributed by atoms with Gasteiger partial charge >= 0.3 is 0 Å². The predicted molar refractivity (Wildman–Crippen MR) is 135 cm³/mol. The number of hydrogen-bond donors (Lipinski definition) is 1. The van der Waals surface area contributed by atoms with Crippen molar-refractivity contribution in [2.75, 3.05) is 33.4 Å². The molecule has 1 aromatic carbocycles. The molecule has 4 heterocycles. The molecule has 2 aromatic heterocycles. The molecule has 5 rings (SSSR count). The highest BCUT2D eigenvalue weighted by atomic mass is 35.5. The first kappa shape index (κ1) is 24.4. The lowest BCUT2D eigenvalue weighted by molar-refractivity contribution is -0.0475. The molecule has 1 unspecified atom stereocenters. The van der Waals surface area contributed by atoms with E-state index in [4.69, 9.17) is 26.1 Å². The number of fused-ring (bicyclic) bond motifs is 1. The Balaban J connectivity index is 1.60. The summed E-state index contributed by atoms with van der Waals surface area (Å²) in [6.07, 6.45) is 5.50. The number of aliphatic hydroxyl groups is 1. The highest BCUT2D eigenvalue weighted by molar-refractivity contribution is 6.36. The van der Waals surface area contributed by atoms with Gasteiger partial charge in [0.05, 0.1) is 29.5 Å². The zero-order chi connectivity index (χ0) is 24.6. The topological polar surface area (TPSA) is 85.5 Å². The van der Waals surface area contributed by atoms with Crippen LogP contribution in [-0.4, -0.2) is 63.4 Å². The fourth-order valence-corrected chi connectivity index (χ4v) is 5.86. The molecule has 1 atom stereocenters. The first-order chi connectivity index (χ1) is 16.9. The van der Waals surface area contributed by atoms with Gasteiger partial charge in [-0.15, -0.1) is 5.10 Å². The van der Waals surface area contributed by atoms with Gasteiger partial charge in [0.2, 0.25) is 5.88 Å². The maximum Gasteiger partial charge on any atom is 0.219 e. The van der Waals surface area contributed by atoms with Crippen molar-refractivity contribution in [2.45, 2.75) is 44.8 Å². The Kier molecular flexibility index (Phi) is 6.99. The van der Waals surface area contributed by atoms with Gasteiger partial charge in [0, 0.05) is 43.7 Å². The number of aromatic nitrogens is 4. The fraction of sp³-hybridized carbons (Fsp3) is 0.577. The highest BCUT2D eigenvalue weighted by Crippen LogP contribution is 2.43. The monoisotopic (exact) mass is 499 g/mol. The van der Waals surface area contributed by atoms with Crippen LogP contribution in [0.4, 0.5) is 0 Å². The van der Waals surface area contributed by atoms with E-state index in [2.05, 4.69) is 22.1 Å². The Morgan fingerprint density at radius 3 is 2.60 bits per heavy atom. The zero-order valence-electron chi connectivity index (χ0n) is 20.7. The molecule has 0 radical (unpaired) electrons. The van der Waals surface area contributed by atoms with Crippen molar-refractivity contribution >= 4 is 22.5 Å². The Morgan fingerprint density at radius 2 is 1.94 bits per heavy atom. The lowest BCUT2D eigenvalue weighted by Gasteiger charge is -2.38. The lowest BCUT2D eigenvalue weighted by Crippen LogP contribution is -2.41. The number of hydrogen-bond acceptors (Lipinski definition) is 7. The van der Waals surface area contributed by atoms with Crippen molar-refractivity contribution in [3.63, 3.8) is 0 Å². The third-order valence-electron chi connectivity index (χ3n) is 7.79. The molecule has 2 saturated heterocycles. The second-order valence-electron chi connectivity index (χ2n) is 10.0. The second kappa shape index (κ2) is 10.0. The fourth-order valence-electron chi connectivity index (χ4n) is 5.57. The molecule has 0 spiro atoms. The summed E-state index contributed by atoms with van der Waals surface area (Å²) in [5.41, 5.74) is 1.77. The SMILES string of the molecule is COc1nc2ccc(C(O)(c3cnnn3C)C3CCOCC3)cc2c(Cl)c1CN1CCC(C)CC1. The number of rotatable bonds is 6. The number of benzene rings is 1. The van der Waals surface area contributed by atoms with Gasteiger partial charge in [0.1, 0.15) is 5.60 Å². The number of ether oxygens (including phenoxy) is 2. The van der Waals surface area contributed by atoms with E-state index in [-0.39, 0.29) is 5.92 Å². The summed E-state index contributed by atoms with van der Waals surface area (Å²) in [5.74, 6) is 1.28. The molecule has 0 aliphatic carbocycles. The van der Waals surface area contributed by atoms with E-state index in [1.165, 1.54) is 12.8 Å². The Labute approximate surface area is 211 Å². The quantitative estimate of drug-likeness (QED) is 0.550. The minimum Gasteiger partial charge on any atom is -0.481 e. The van der Waals surface area contributed by atoms with Gasteiger partial charge in [-0.2, -0.15) is 0 Å². The van der Waals surface area contributed by atoms with Gasteiger partial charge in [-0.25, -0.2) is 9.67 Å². The minimum atomic E-state index is -1.28. The molecular weight excluding hydrogens is 466 g/mol. The molecule has 1 N–H and O–H groups in total. The molecule has 2 aliphatic rings. The summed E-state index contributed by atoms with van der Waals surface area (Å²) in [5, 5.41) is 21.9. The van der Waals surface area contributed by atoms with Gasteiger partial charge in [0.25, 0.3) is 0 Å². The first-order valence-electron chi connectivity index (χ1n) is 12.5. The lowest BCUT2D eigenvalue weighted by atomic mass is 9.75. The molecule has 0 saturated carbocycles. The number of pyridine rings is 1. The molecule has 9 heteroatoms. The van der Waals surface area contributed by atoms with Crippen LogP contribution in [0, 0.1) is 11.8 Å². The van der Waals surface area contributed by atoms with Crippen LogP contribution in [0.5, 0.6) is 5.88 Å². The maximum absolute atomic E-state index is 12.3. The summed E-state index contributed by atoms with van der Waals surface area (Å²) in [7, 11) is 3.45. The van der Waals surface area contributed by atoms with E-state index in [1.807, 2.05) is 25.2 Å². The molecular formula is C26H34ClN5O3. The third-order valence-corrected chi connectivity index (χ3v) is 8.22. The molecule has 0 bridgehead atoms. The first-order valence-corrected chi connectivity index (χ1v) is 12.8. The number of aryl methyl sites for hydroxylation is 1. The normalized spacial score (nSPS) is 20.3. The number of nitrogens with zero attached hydrogens (tertiary/aromatic N) is 5. The average molecular weight is 500 g/mol. The van der Waals surface area contributed by atoms with Crippen LogP contribution < -0.4 is 4.74 Å². The number of likely N-dealkylation sites (tertiary alicyclic amines) is 1. The van der Waals surface area contributed by atoms with Gasteiger partial charge in [-0.05, 0) is 62.4 Å². The van der Waals surface area contributed by atoms with Crippen molar-refractivity contribution in [1.29, 1.82) is 0 Å². The van der Waals surface area contributed by atoms with Crippen LogP contribution >= 0.6 is 11.6 Å². The summed E-state index contributed by atoms with van der Waals surface area (Å²) in [6, 6.07) is 5.83. The third kappa shape index (κ3) is 4.53. The van der Waals surface area contributed by atoms with E-state index in [0.29, 0.717) is 36.4 Å². The molecule has 8 nitrogen and oxygen atoms in total. The van der Waals surface area contributed by atoms with Crippen molar-refractivity contribution < 1.29 is 14.6 Å². The largest absolute Gasteiger partial charge is 0.481 e. The van der Waals surface area contributed by atoms with E-state index in [9.17, 15) is 5.11 Å². The van der Waals surface area contributed by atoms with E-state index < -0.39 is 5.60 Å². The Bertz CT molecular complexity index is 1190. The van der Waals surface area contributed by atoms with Crippen LogP contribution in [0.25, 0.3) is 10.9 Å². The molecule has 35 heavy (non-hydrogen) atoms. The van der Waals surface area contributed by atoms with Gasteiger partial charge in [-0.3, -0.25) is 4.90 Å². The van der Waals surface area contributed by atoms with Crippen LogP contribution in [0.15, 0.2) is 24.4 Å². The highest BCUT2D eigenvalue weighted by Gasteiger charge is 2.43. The van der Waals surface area contributed by atoms with E-state index in [0.717, 1.165) is 53.9 Å². The Hall–Kier alpha value is -2.26. The summed E-state index contributed by atoms with van der Waals surface area (Å²) in [4.78, 5) is 7.20. The van der Waals surface area contributed by atoms with Crippen molar-refractivity contribution in [3.05, 3.63) is 46.2 Å². The Morgan fingerprint density at radius 1 is 1.20 bits per heavy atom. The maximum atomic E-state index is 12.3. The zero-order valence-corrected chi connectivity index (χ0v) is 21.5. The molecule has 3 aromatic rings. The summed E-state index contributed by atoms with van der Waals surface area (Å²) < 4.78 is 12.9. The number of piperidine rings is 1.